The first-order valence-corrected chi connectivity index (χ1v) is 16.1. The molecular formula is C33H46FN3O6. The number of hydrogen-bond donors (Lipinski definition) is 3. The lowest BCUT2D eigenvalue weighted by Crippen LogP contribution is -2.50. The van der Waals surface area contributed by atoms with Crippen LogP contribution in [0.1, 0.15) is 87.6 Å². The van der Waals surface area contributed by atoms with Crippen molar-refractivity contribution in [1.82, 2.24) is 4.90 Å². The molecule has 1 aromatic heterocycles. The summed E-state index contributed by atoms with van der Waals surface area (Å²) >= 11 is 0. The van der Waals surface area contributed by atoms with Crippen molar-refractivity contribution in [3.8, 4) is 0 Å². The zero-order valence-corrected chi connectivity index (χ0v) is 25.0. The quantitative estimate of drug-likeness (QED) is 0.239. The largest absolute Gasteiger partial charge is 0.460 e. The van der Waals surface area contributed by atoms with E-state index in [1.165, 1.54) is 6.42 Å². The number of amides is 2. The second-order valence-corrected chi connectivity index (χ2v) is 12.6. The zero-order valence-electron chi connectivity index (χ0n) is 25.0. The summed E-state index contributed by atoms with van der Waals surface area (Å²) in [6.07, 6.45) is 10.3. The third-order valence-electron chi connectivity index (χ3n) is 9.94. The molecular weight excluding hydrogens is 553 g/mol. The molecule has 236 valence electrons. The van der Waals surface area contributed by atoms with Gasteiger partial charge >= 0.3 is 5.97 Å². The van der Waals surface area contributed by atoms with Crippen LogP contribution in [0.4, 0.5) is 10.1 Å². The Kier molecular flexibility index (Phi) is 10.7. The number of hydrogen-bond acceptors (Lipinski definition) is 7. The Labute approximate surface area is 252 Å². The van der Waals surface area contributed by atoms with Crippen molar-refractivity contribution in [2.75, 3.05) is 31.7 Å². The number of halogens is 1. The molecule has 10 heteroatoms. The maximum Gasteiger partial charge on any atom is 0.374 e. The Hall–Kier alpha value is -2.98. The number of anilines is 1. The van der Waals surface area contributed by atoms with Crippen LogP contribution in [0.3, 0.4) is 0 Å². The first kappa shape index (κ1) is 31.4. The Morgan fingerprint density at radius 1 is 1.07 bits per heavy atom. The van der Waals surface area contributed by atoms with Gasteiger partial charge in [0.1, 0.15) is 11.6 Å². The third kappa shape index (κ3) is 7.40. The highest BCUT2D eigenvalue weighted by molar-refractivity contribution is 6.00. The van der Waals surface area contributed by atoms with Crippen LogP contribution < -0.4 is 11.1 Å². The molecule has 2 aromatic rings. The number of nitrogens with two attached hydrogens (primary N) is 1. The van der Waals surface area contributed by atoms with Crippen LogP contribution in [-0.2, 0) is 14.3 Å². The van der Waals surface area contributed by atoms with Crippen LogP contribution in [0, 0.1) is 23.7 Å². The lowest BCUT2D eigenvalue weighted by atomic mass is 9.76. The van der Waals surface area contributed by atoms with Crippen molar-refractivity contribution in [1.29, 1.82) is 0 Å². The van der Waals surface area contributed by atoms with Gasteiger partial charge in [0.05, 0.1) is 13.3 Å². The molecule has 1 aromatic carbocycles. The van der Waals surface area contributed by atoms with Gasteiger partial charge in [-0.2, -0.15) is 0 Å². The monoisotopic (exact) mass is 599 g/mol. The summed E-state index contributed by atoms with van der Waals surface area (Å²) < 4.78 is 23.6. The van der Waals surface area contributed by atoms with E-state index >= 15 is 0 Å². The van der Waals surface area contributed by atoms with Gasteiger partial charge < -0.3 is 30.2 Å². The van der Waals surface area contributed by atoms with Crippen LogP contribution in [-0.4, -0.2) is 66.3 Å². The van der Waals surface area contributed by atoms with E-state index in [0.717, 1.165) is 57.8 Å². The van der Waals surface area contributed by atoms with Crippen LogP contribution in [0.5, 0.6) is 0 Å². The van der Waals surface area contributed by atoms with E-state index in [2.05, 4.69) is 5.32 Å². The van der Waals surface area contributed by atoms with Gasteiger partial charge in [0.15, 0.2) is 0 Å². The highest BCUT2D eigenvalue weighted by Crippen LogP contribution is 2.41. The summed E-state index contributed by atoms with van der Waals surface area (Å²) in [5.41, 5.74) is 7.25. The minimum Gasteiger partial charge on any atom is -0.460 e. The molecule has 0 bridgehead atoms. The molecule has 4 N–H and O–H groups in total. The minimum absolute atomic E-state index is 0.0571. The molecule has 2 heterocycles. The second kappa shape index (κ2) is 14.7. The highest BCUT2D eigenvalue weighted by atomic mass is 19.1. The number of carbonyl (C=O) groups excluding carboxylic acids is 3. The topological polar surface area (TPSA) is 135 Å². The summed E-state index contributed by atoms with van der Waals surface area (Å²) in [5.74, 6) is -0.00715. The second-order valence-electron chi connectivity index (χ2n) is 12.6. The minimum atomic E-state index is -0.607. The fraction of sp³-hybridized carbons (Fsp3) is 0.667. The number of nitrogens with zero attached hydrogens (tertiary/aromatic N) is 1. The Morgan fingerprint density at radius 3 is 2.56 bits per heavy atom. The van der Waals surface area contributed by atoms with Gasteiger partial charge in [-0.15, -0.1) is 0 Å². The molecule has 3 aliphatic rings. The van der Waals surface area contributed by atoms with E-state index < -0.39 is 18.7 Å². The first-order valence-electron chi connectivity index (χ1n) is 16.1. The van der Waals surface area contributed by atoms with Crippen molar-refractivity contribution >= 4 is 34.4 Å². The molecule has 5 rings (SSSR count). The number of esters is 1. The average Bonchev–Trinajstić information content (AvgIpc) is 3.66. The molecule has 3 fully saturated rings. The van der Waals surface area contributed by atoms with Gasteiger partial charge in [0, 0.05) is 42.6 Å². The molecule has 0 spiro atoms. The van der Waals surface area contributed by atoms with Crippen molar-refractivity contribution in [2.24, 2.45) is 29.4 Å². The maximum absolute atomic E-state index is 14.0. The van der Waals surface area contributed by atoms with E-state index in [1.54, 1.807) is 24.3 Å². The molecule has 2 amide bonds. The number of carbonyl (C=O) groups is 3. The van der Waals surface area contributed by atoms with Gasteiger partial charge in [-0.05, 0) is 80.5 Å². The molecule has 1 saturated heterocycles. The first-order chi connectivity index (χ1) is 20.9. The van der Waals surface area contributed by atoms with Gasteiger partial charge in [0.25, 0.3) is 0 Å². The predicted molar refractivity (Wildman–Crippen MR) is 161 cm³/mol. The van der Waals surface area contributed by atoms with Gasteiger partial charge in [-0.1, -0.05) is 32.1 Å². The summed E-state index contributed by atoms with van der Waals surface area (Å²) in [5, 5.41) is 12.6. The Balaban J connectivity index is 1.29. The SMILES string of the molecule is N[C@H](CCF)[C@H]1CC[C@H](C(=O)N2CC[C@@H](C3CCCCC3)[C@H]2C(=O)Nc2ccc3oc(C(=O)OCCCO)cc3c2)CC1. The number of rotatable bonds is 11. The van der Waals surface area contributed by atoms with Gasteiger partial charge in [-0.25, -0.2) is 4.79 Å². The average molecular weight is 600 g/mol. The number of nitrogens with one attached hydrogen (secondary N) is 1. The number of alkyl halides is 1. The molecule has 9 nitrogen and oxygen atoms in total. The molecule has 1 aliphatic heterocycles. The third-order valence-corrected chi connectivity index (χ3v) is 9.94. The van der Waals surface area contributed by atoms with E-state index in [1.807, 2.05) is 4.90 Å². The standard InChI is InChI=1S/C33H46FN3O6/c34-15-13-27(35)22-7-9-23(10-8-22)32(40)37-16-14-26(21-5-2-1-3-6-21)30(37)31(39)36-25-11-12-28-24(19-25)20-29(43-28)33(41)42-18-4-17-38/h11-12,19-23,26-27,30,38H,1-10,13-18,35H2,(H,36,39)/t22-,23-,26-,27+,30-/m0/s1. The molecule has 2 saturated carbocycles. The number of fused-ring (bicyclic) bond motifs is 1. The summed E-state index contributed by atoms with van der Waals surface area (Å²) in [4.78, 5) is 42.1. The number of aliphatic hydroxyl groups excluding tert-OH is 1. The van der Waals surface area contributed by atoms with Gasteiger partial charge in [0.2, 0.25) is 17.6 Å². The predicted octanol–water partition coefficient (Wildman–Crippen LogP) is 5.20. The Morgan fingerprint density at radius 2 is 1.84 bits per heavy atom. The lowest BCUT2D eigenvalue weighted by molar-refractivity contribution is -0.142. The van der Waals surface area contributed by atoms with Gasteiger partial charge in [-0.3, -0.25) is 14.0 Å². The molecule has 3 atom stereocenters. The highest BCUT2D eigenvalue weighted by Gasteiger charge is 2.47. The number of aliphatic hydroxyl groups is 1. The molecule has 0 radical (unpaired) electrons. The summed E-state index contributed by atoms with van der Waals surface area (Å²) in [7, 11) is 0. The van der Waals surface area contributed by atoms with Crippen LogP contribution in [0.25, 0.3) is 11.0 Å². The number of benzene rings is 1. The van der Waals surface area contributed by atoms with E-state index in [-0.39, 0.29) is 54.6 Å². The van der Waals surface area contributed by atoms with Crippen molar-refractivity contribution in [2.45, 2.75) is 89.1 Å². The Bertz CT molecular complexity index is 1250. The van der Waals surface area contributed by atoms with Crippen LogP contribution in [0.15, 0.2) is 28.7 Å². The number of likely N-dealkylation sites (tertiary alicyclic amines) is 1. The smallest absolute Gasteiger partial charge is 0.374 e. The fourth-order valence-corrected chi connectivity index (χ4v) is 7.58. The zero-order chi connectivity index (χ0) is 30.3. The maximum atomic E-state index is 14.0. The fourth-order valence-electron chi connectivity index (χ4n) is 7.58. The molecule has 2 aliphatic carbocycles. The van der Waals surface area contributed by atoms with E-state index in [0.29, 0.717) is 42.0 Å². The van der Waals surface area contributed by atoms with E-state index in [4.69, 9.17) is 20.0 Å². The summed E-state index contributed by atoms with van der Waals surface area (Å²) in [6, 6.07) is 6.10. The molecule has 43 heavy (non-hydrogen) atoms. The number of ether oxygens (including phenoxy) is 1. The van der Waals surface area contributed by atoms with Crippen LogP contribution >= 0.6 is 0 Å². The van der Waals surface area contributed by atoms with Crippen LogP contribution in [0.2, 0.25) is 0 Å². The van der Waals surface area contributed by atoms with Crippen molar-refractivity contribution < 1.29 is 33.0 Å². The summed E-state index contributed by atoms with van der Waals surface area (Å²) in [6.45, 7) is 0.196. The number of furan rings is 1. The lowest BCUT2D eigenvalue weighted by Gasteiger charge is -2.37. The van der Waals surface area contributed by atoms with Crippen molar-refractivity contribution in [3.63, 3.8) is 0 Å². The van der Waals surface area contributed by atoms with Crippen molar-refractivity contribution in [3.05, 3.63) is 30.0 Å². The molecule has 0 unspecified atom stereocenters. The van der Waals surface area contributed by atoms with E-state index in [9.17, 15) is 18.8 Å². The normalized spacial score (nSPS) is 25.5.